The van der Waals surface area contributed by atoms with E-state index in [0.29, 0.717) is 11.1 Å². The Kier molecular flexibility index (Phi) is 5.43. The lowest BCUT2D eigenvalue weighted by Crippen LogP contribution is -2.13. The van der Waals surface area contributed by atoms with Gasteiger partial charge in [-0.3, -0.25) is 9.79 Å². The van der Waals surface area contributed by atoms with Gasteiger partial charge in [0.05, 0.1) is 0 Å². The lowest BCUT2D eigenvalue weighted by atomic mass is 10.1. The molecule has 0 unspecified atom stereocenters. The number of halogens is 1. The van der Waals surface area contributed by atoms with E-state index < -0.39 is 0 Å². The molecule has 122 valence electrons. The molecule has 0 aliphatic carbocycles. The van der Waals surface area contributed by atoms with Gasteiger partial charge in [0.1, 0.15) is 5.82 Å². The first kappa shape index (κ1) is 16.5. The zero-order chi connectivity index (χ0) is 16.8. The third-order valence-electron chi connectivity index (χ3n) is 3.49. The third-order valence-corrected chi connectivity index (χ3v) is 4.49. The summed E-state index contributed by atoms with van der Waals surface area (Å²) in [5.41, 5.74) is 2.16. The zero-order valence-electron chi connectivity index (χ0n) is 13.0. The van der Waals surface area contributed by atoms with Crippen molar-refractivity contribution in [2.45, 2.75) is 6.42 Å². The van der Waals surface area contributed by atoms with E-state index in [0.717, 1.165) is 29.6 Å². The summed E-state index contributed by atoms with van der Waals surface area (Å²) in [6, 6.07) is 13.4. The largest absolute Gasteiger partial charge is 0.335 e. The molecule has 0 radical (unpaired) electrons. The van der Waals surface area contributed by atoms with E-state index in [1.807, 2.05) is 12.1 Å². The number of aliphatic imine (C=N–C) groups is 1. The van der Waals surface area contributed by atoms with Gasteiger partial charge in [-0.05, 0) is 54.5 Å². The summed E-state index contributed by atoms with van der Waals surface area (Å²) >= 11 is 1.71. The van der Waals surface area contributed by atoms with E-state index in [4.69, 9.17) is 0 Å². The predicted octanol–water partition coefficient (Wildman–Crippen LogP) is 4.63. The Balaban J connectivity index is 1.64. The number of benzene rings is 2. The maximum atomic E-state index is 13.1. The molecule has 2 aromatic rings. The lowest BCUT2D eigenvalue weighted by Gasteiger charge is -2.13. The minimum absolute atomic E-state index is 0.116. The lowest BCUT2D eigenvalue weighted by molar-refractivity contribution is 0.104. The van der Waals surface area contributed by atoms with Gasteiger partial charge in [0.2, 0.25) is 0 Å². The van der Waals surface area contributed by atoms with Crippen LogP contribution in [0.1, 0.15) is 22.3 Å². The van der Waals surface area contributed by atoms with Crippen LogP contribution >= 0.6 is 11.8 Å². The number of ketones is 1. The van der Waals surface area contributed by atoms with Crippen molar-refractivity contribution in [2.24, 2.45) is 4.99 Å². The molecule has 1 aliphatic heterocycles. The molecule has 0 amide bonds. The van der Waals surface area contributed by atoms with Crippen LogP contribution in [0.2, 0.25) is 0 Å². The molecule has 24 heavy (non-hydrogen) atoms. The zero-order valence-corrected chi connectivity index (χ0v) is 13.9. The van der Waals surface area contributed by atoms with Crippen LogP contribution in [0.15, 0.2) is 59.6 Å². The molecular formula is C19H17FN2OS. The van der Waals surface area contributed by atoms with Crippen LogP contribution in [-0.2, 0) is 0 Å². The molecule has 0 saturated heterocycles. The number of hydrogen-bond donors (Lipinski definition) is 1. The van der Waals surface area contributed by atoms with Crippen molar-refractivity contribution >= 4 is 34.5 Å². The summed E-state index contributed by atoms with van der Waals surface area (Å²) in [7, 11) is 0. The van der Waals surface area contributed by atoms with Gasteiger partial charge in [-0.15, -0.1) is 0 Å². The molecule has 1 heterocycles. The summed E-state index contributed by atoms with van der Waals surface area (Å²) in [4.78, 5) is 16.6. The Hall–Kier alpha value is -2.40. The Bertz CT molecular complexity index is 784. The van der Waals surface area contributed by atoms with Gasteiger partial charge < -0.3 is 5.32 Å². The smallest absolute Gasteiger partial charge is 0.185 e. The number of hydrogen-bond acceptors (Lipinski definition) is 4. The van der Waals surface area contributed by atoms with Crippen molar-refractivity contribution in [1.29, 1.82) is 0 Å². The first-order valence-corrected chi connectivity index (χ1v) is 8.71. The van der Waals surface area contributed by atoms with Gasteiger partial charge in [-0.1, -0.05) is 30.0 Å². The molecule has 0 fully saturated rings. The summed E-state index contributed by atoms with van der Waals surface area (Å²) < 4.78 is 13.1. The van der Waals surface area contributed by atoms with Crippen molar-refractivity contribution in [3.05, 3.63) is 71.6 Å². The minimum Gasteiger partial charge on any atom is -0.335 e. The molecule has 0 saturated carbocycles. The standard InChI is InChI=1S/C19H17FN2OS/c20-16-4-1-3-14(13-16)5-10-18(23)15-6-8-17(9-7-15)22-19-21-11-2-12-24-19/h1,3-10,13H,2,11-12H2,(H,21,22)/b10-5+. The molecule has 1 N–H and O–H groups in total. The van der Waals surface area contributed by atoms with Gasteiger partial charge in [0.25, 0.3) is 0 Å². The molecule has 1 aliphatic rings. The number of thioether (sulfide) groups is 1. The molecule has 0 atom stereocenters. The van der Waals surface area contributed by atoms with Crippen LogP contribution in [0.5, 0.6) is 0 Å². The van der Waals surface area contributed by atoms with E-state index in [1.54, 1.807) is 42.1 Å². The van der Waals surface area contributed by atoms with Crippen LogP contribution in [-0.4, -0.2) is 23.2 Å². The number of nitrogens with one attached hydrogen (secondary N) is 1. The van der Waals surface area contributed by atoms with Crippen molar-refractivity contribution in [2.75, 3.05) is 17.6 Å². The average molecular weight is 340 g/mol. The van der Waals surface area contributed by atoms with Crippen molar-refractivity contribution in [3.63, 3.8) is 0 Å². The highest BCUT2D eigenvalue weighted by atomic mass is 32.2. The Morgan fingerprint density at radius 3 is 2.75 bits per heavy atom. The SMILES string of the molecule is O=C(/C=C/c1cccc(F)c1)c1ccc(NC2=NCCCS2)cc1. The van der Waals surface area contributed by atoms with Crippen molar-refractivity contribution in [1.82, 2.24) is 0 Å². The normalized spacial score (nSPS) is 14.5. The van der Waals surface area contributed by atoms with Crippen LogP contribution in [0, 0.1) is 5.82 Å². The number of rotatable bonds is 4. The summed E-state index contributed by atoms with van der Waals surface area (Å²) in [6.45, 7) is 0.858. The fourth-order valence-electron chi connectivity index (χ4n) is 2.25. The molecule has 0 bridgehead atoms. The van der Waals surface area contributed by atoms with Gasteiger partial charge >= 0.3 is 0 Å². The Morgan fingerprint density at radius 1 is 1.21 bits per heavy atom. The van der Waals surface area contributed by atoms with E-state index in [-0.39, 0.29) is 11.6 Å². The van der Waals surface area contributed by atoms with Crippen molar-refractivity contribution < 1.29 is 9.18 Å². The molecule has 3 nitrogen and oxygen atoms in total. The number of carbonyl (C=O) groups is 1. The van der Waals surface area contributed by atoms with Crippen molar-refractivity contribution in [3.8, 4) is 0 Å². The summed E-state index contributed by atoms with van der Waals surface area (Å²) in [5.74, 6) is 0.645. The predicted molar refractivity (Wildman–Crippen MR) is 99.2 cm³/mol. The maximum Gasteiger partial charge on any atom is 0.185 e. The topological polar surface area (TPSA) is 41.5 Å². The molecule has 0 spiro atoms. The maximum absolute atomic E-state index is 13.1. The summed E-state index contributed by atoms with van der Waals surface area (Å²) in [5, 5.41) is 4.18. The fourth-order valence-corrected chi connectivity index (χ4v) is 3.09. The highest BCUT2D eigenvalue weighted by molar-refractivity contribution is 8.14. The molecule has 0 aromatic heterocycles. The fraction of sp³-hybridized carbons (Fsp3) is 0.158. The Labute approximate surface area is 144 Å². The number of allylic oxidation sites excluding steroid dienone is 1. The minimum atomic E-state index is -0.316. The molecule has 5 heteroatoms. The second-order valence-corrected chi connectivity index (χ2v) is 6.43. The average Bonchev–Trinajstić information content (AvgIpc) is 2.61. The van der Waals surface area contributed by atoms with Crippen LogP contribution in [0.25, 0.3) is 6.08 Å². The van der Waals surface area contributed by atoms with Crippen LogP contribution < -0.4 is 5.32 Å². The second-order valence-electron chi connectivity index (χ2n) is 5.34. The summed E-state index contributed by atoms with van der Waals surface area (Å²) in [6.07, 6.45) is 4.18. The number of nitrogens with zero attached hydrogens (tertiary/aromatic N) is 1. The molecular weight excluding hydrogens is 323 g/mol. The molecule has 3 rings (SSSR count). The monoisotopic (exact) mass is 340 g/mol. The van der Waals surface area contributed by atoms with E-state index in [1.165, 1.54) is 18.2 Å². The van der Waals surface area contributed by atoms with E-state index in [9.17, 15) is 9.18 Å². The van der Waals surface area contributed by atoms with Crippen LogP contribution in [0.3, 0.4) is 0 Å². The van der Waals surface area contributed by atoms with Gasteiger partial charge in [-0.2, -0.15) is 0 Å². The third kappa shape index (κ3) is 4.55. The van der Waals surface area contributed by atoms with Gasteiger partial charge in [-0.25, -0.2) is 4.39 Å². The Morgan fingerprint density at radius 2 is 2.04 bits per heavy atom. The number of carbonyl (C=O) groups excluding carboxylic acids is 1. The van der Waals surface area contributed by atoms with E-state index >= 15 is 0 Å². The second kappa shape index (κ2) is 7.93. The molecule has 2 aromatic carbocycles. The van der Waals surface area contributed by atoms with Gasteiger partial charge in [0.15, 0.2) is 11.0 Å². The van der Waals surface area contributed by atoms with Gasteiger partial charge in [0, 0.05) is 23.5 Å². The first-order chi connectivity index (χ1) is 11.7. The van der Waals surface area contributed by atoms with E-state index in [2.05, 4.69) is 10.3 Å². The number of anilines is 1. The number of amidine groups is 1. The van der Waals surface area contributed by atoms with Crippen LogP contribution in [0.4, 0.5) is 10.1 Å². The first-order valence-electron chi connectivity index (χ1n) is 7.73. The quantitative estimate of drug-likeness (QED) is 0.652. The highest BCUT2D eigenvalue weighted by Gasteiger charge is 2.07. The highest BCUT2D eigenvalue weighted by Crippen LogP contribution is 2.17.